The average molecular weight is 380 g/mol. The molecule has 0 N–H and O–H groups in total. The van der Waals surface area contributed by atoms with E-state index < -0.39 is 9.84 Å². The average Bonchev–Trinajstić information content (AvgIpc) is 2.70. The molecule has 140 valence electrons. The Balaban J connectivity index is 1.71. The summed E-state index contributed by atoms with van der Waals surface area (Å²) in [5, 5.41) is 0. The van der Waals surface area contributed by atoms with E-state index in [2.05, 4.69) is 36.2 Å². The molecule has 0 aliphatic rings. The van der Waals surface area contributed by atoms with Gasteiger partial charge in [0.05, 0.1) is 16.7 Å². The predicted molar refractivity (Wildman–Crippen MR) is 110 cm³/mol. The fourth-order valence-electron chi connectivity index (χ4n) is 3.35. The molecule has 0 radical (unpaired) electrons. The molecule has 3 aromatic rings. The molecule has 4 heteroatoms. The fourth-order valence-corrected chi connectivity index (χ4v) is 4.67. The molecule has 3 rings (SSSR count). The first-order valence-electron chi connectivity index (χ1n) is 9.16. The van der Waals surface area contributed by atoms with Gasteiger partial charge in [0.2, 0.25) is 0 Å². The summed E-state index contributed by atoms with van der Waals surface area (Å²) >= 11 is 0. The summed E-state index contributed by atoms with van der Waals surface area (Å²) in [6.07, 6.45) is 0.587. The second kappa shape index (κ2) is 8.98. The summed E-state index contributed by atoms with van der Waals surface area (Å²) in [4.78, 5) is 2.63. The van der Waals surface area contributed by atoms with Crippen molar-refractivity contribution in [1.29, 1.82) is 0 Å². The predicted octanol–water partition coefficient (Wildman–Crippen LogP) is 4.57. The summed E-state index contributed by atoms with van der Waals surface area (Å²) < 4.78 is 25.0. The third kappa shape index (κ3) is 5.06. The minimum Gasteiger partial charge on any atom is -0.295 e. The standard InChI is InChI=1S/C23H25NO2S/c1-24(18-11-19-27(25,26)22-16-9-4-10-17-22)23(20-12-5-2-6-13-20)21-14-7-3-8-15-21/h2-10,12-17,23H,11,18-19H2,1H3. The Kier molecular flexibility index (Phi) is 6.43. The Hall–Kier alpha value is -2.43. The zero-order valence-electron chi connectivity index (χ0n) is 15.5. The van der Waals surface area contributed by atoms with E-state index >= 15 is 0 Å². The molecule has 0 amide bonds. The Morgan fingerprint density at radius 2 is 1.19 bits per heavy atom. The van der Waals surface area contributed by atoms with Crippen LogP contribution in [0.25, 0.3) is 0 Å². The highest BCUT2D eigenvalue weighted by atomic mass is 32.2. The van der Waals surface area contributed by atoms with Gasteiger partial charge in [0.25, 0.3) is 0 Å². The minimum atomic E-state index is -3.24. The first-order valence-corrected chi connectivity index (χ1v) is 10.8. The molecule has 0 bridgehead atoms. The number of hydrogen-bond acceptors (Lipinski definition) is 3. The van der Waals surface area contributed by atoms with Crippen molar-refractivity contribution in [3.63, 3.8) is 0 Å². The van der Waals surface area contributed by atoms with Crippen molar-refractivity contribution in [1.82, 2.24) is 4.90 Å². The fraction of sp³-hybridized carbons (Fsp3) is 0.217. The van der Waals surface area contributed by atoms with E-state index in [0.29, 0.717) is 17.9 Å². The Morgan fingerprint density at radius 1 is 0.741 bits per heavy atom. The monoisotopic (exact) mass is 379 g/mol. The largest absolute Gasteiger partial charge is 0.295 e. The van der Waals surface area contributed by atoms with Gasteiger partial charge in [-0.3, -0.25) is 4.90 Å². The van der Waals surface area contributed by atoms with Gasteiger partial charge in [-0.15, -0.1) is 0 Å². The molecule has 0 spiro atoms. The molecule has 3 nitrogen and oxygen atoms in total. The van der Waals surface area contributed by atoms with Crippen LogP contribution in [-0.4, -0.2) is 32.7 Å². The summed E-state index contributed by atoms with van der Waals surface area (Å²) in [5.41, 5.74) is 2.41. The first-order chi connectivity index (χ1) is 13.1. The van der Waals surface area contributed by atoms with Gasteiger partial charge in [-0.2, -0.15) is 0 Å². The van der Waals surface area contributed by atoms with Crippen LogP contribution in [0.5, 0.6) is 0 Å². The van der Waals surface area contributed by atoms with Crippen LogP contribution in [-0.2, 0) is 9.84 Å². The van der Waals surface area contributed by atoms with Crippen LogP contribution in [0, 0.1) is 0 Å². The molecule has 0 fully saturated rings. The zero-order valence-corrected chi connectivity index (χ0v) is 16.3. The maximum absolute atomic E-state index is 12.5. The van der Waals surface area contributed by atoms with Crippen molar-refractivity contribution in [3.05, 3.63) is 102 Å². The van der Waals surface area contributed by atoms with Crippen molar-refractivity contribution in [2.24, 2.45) is 0 Å². The molecule has 0 saturated heterocycles. The van der Waals surface area contributed by atoms with Gasteiger partial charge in [-0.25, -0.2) is 8.42 Å². The Bertz CT molecular complexity index is 886. The summed E-state index contributed by atoms with van der Waals surface area (Å²) in [7, 11) is -1.18. The van der Waals surface area contributed by atoms with Gasteiger partial charge in [0.1, 0.15) is 0 Å². The van der Waals surface area contributed by atoms with Gasteiger partial charge in [-0.1, -0.05) is 78.9 Å². The van der Waals surface area contributed by atoms with E-state index in [9.17, 15) is 8.42 Å². The molecule has 27 heavy (non-hydrogen) atoms. The van der Waals surface area contributed by atoms with Crippen LogP contribution < -0.4 is 0 Å². The van der Waals surface area contributed by atoms with Crippen molar-refractivity contribution in [2.45, 2.75) is 17.4 Å². The molecular formula is C23H25NO2S. The molecule has 0 aromatic heterocycles. The third-order valence-electron chi connectivity index (χ3n) is 4.70. The van der Waals surface area contributed by atoms with E-state index in [4.69, 9.17) is 0 Å². The molecule has 0 atom stereocenters. The second-order valence-electron chi connectivity index (χ2n) is 6.69. The molecular weight excluding hydrogens is 354 g/mol. The summed E-state index contributed by atoms with van der Waals surface area (Å²) in [6, 6.07) is 29.5. The molecule has 0 heterocycles. The number of hydrogen-bond donors (Lipinski definition) is 0. The lowest BCUT2D eigenvalue weighted by Gasteiger charge is -2.29. The van der Waals surface area contributed by atoms with Gasteiger partial charge in [0.15, 0.2) is 9.84 Å². The maximum Gasteiger partial charge on any atom is 0.178 e. The lowest BCUT2D eigenvalue weighted by atomic mass is 9.97. The smallest absolute Gasteiger partial charge is 0.178 e. The molecule has 3 aromatic carbocycles. The van der Waals surface area contributed by atoms with Gasteiger partial charge >= 0.3 is 0 Å². The summed E-state index contributed by atoms with van der Waals surface area (Å²) in [6.45, 7) is 0.695. The van der Waals surface area contributed by atoms with Gasteiger partial charge in [0, 0.05) is 0 Å². The number of benzene rings is 3. The third-order valence-corrected chi connectivity index (χ3v) is 6.51. The van der Waals surface area contributed by atoms with Gasteiger partial charge in [-0.05, 0) is 43.3 Å². The lowest BCUT2D eigenvalue weighted by Crippen LogP contribution is -2.28. The van der Waals surface area contributed by atoms with Crippen LogP contribution in [0.15, 0.2) is 95.9 Å². The number of sulfone groups is 1. The van der Waals surface area contributed by atoms with Crippen molar-refractivity contribution in [3.8, 4) is 0 Å². The normalized spacial score (nSPS) is 11.8. The quantitative estimate of drug-likeness (QED) is 0.575. The highest BCUT2D eigenvalue weighted by molar-refractivity contribution is 7.91. The molecule has 0 aliphatic heterocycles. The van der Waals surface area contributed by atoms with Crippen molar-refractivity contribution in [2.75, 3.05) is 19.3 Å². The van der Waals surface area contributed by atoms with Crippen LogP contribution in [0.4, 0.5) is 0 Å². The van der Waals surface area contributed by atoms with Crippen molar-refractivity contribution < 1.29 is 8.42 Å². The van der Waals surface area contributed by atoms with Crippen molar-refractivity contribution >= 4 is 9.84 Å². The van der Waals surface area contributed by atoms with Crippen LogP contribution in [0.2, 0.25) is 0 Å². The lowest BCUT2D eigenvalue weighted by molar-refractivity contribution is 0.280. The van der Waals surface area contributed by atoms with Crippen LogP contribution in [0.1, 0.15) is 23.6 Å². The van der Waals surface area contributed by atoms with E-state index in [0.717, 1.165) is 0 Å². The zero-order chi connectivity index (χ0) is 19.1. The van der Waals surface area contributed by atoms with E-state index in [-0.39, 0.29) is 11.8 Å². The minimum absolute atomic E-state index is 0.104. The SMILES string of the molecule is CN(CCCS(=O)(=O)c1ccccc1)C(c1ccccc1)c1ccccc1. The molecule has 0 aliphatic carbocycles. The first kappa shape index (κ1) is 19.3. The number of rotatable bonds is 8. The van der Waals surface area contributed by atoms with E-state index in [1.54, 1.807) is 24.3 Å². The highest BCUT2D eigenvalue weighted by Gasteiger charge is 2.20. The Labute approximate surface area is 162 Å². The topological polar surface area (TPSA) is 37.4 Å². The number of nitrogens with zero attached hydrogens (tertiary/aromatic N) is 1. The van der Waals surface area contributed by atoms with E-state index in [1.165, 1.54) is 11.1 Å². The Morgan fingerprint density at radius 3 is 1.67 bits per heavy atom. The maximum atomic E-state index is 12.5. The molecule has 0 unspecified atom stereocenters. The second-order valence-corrected chi connectivity index (χ2v) is 8.80. The van der Waals surface area contributed by atoms with Gasteiger partial charge < -0.3 is 0 Å². The van der Waals surface area contributed by atoms with Crippen LogP contribution in [0.3, 0.4) is 0 Å². The van der Waals surface area contributed by atoms with E-state index in [1.807, 2.05) is 42.5 Å². The molecule has 0 saturated carbocycles. The van der Waals surface area contributed by atoms with Crippen LogP contribution >= 0.6 is 0 Å². The summed E-state index contributed by atoms with van der Waals surface area (Å²) in [5.74, 6) is 0.150. The highest BCUT2D eigenvalue weighted by Crippen LogP contribution is 2.27.